The predicted octanol–water partition coefficient (Wildman–Crippen LogP) is 3.37. The van der Waals surface area contributed by atoms with Gasteiger partial charge in [-0.15, -0.1) is 11.8 Å². The van der Waals surface area contributed by atoms with Crippen LogP contribution in [0.2, 0.25) is 0 Å². The van der Waals surface area contributed by atoms with E-state index in [1.165, 1.54) is 17.9 Å². The minimum Gasteiger partial charge on any atom is -0.442 e. The van der Waals surface area contributed by atoms with E-state index in [1.54, 1.807) is 23.9 Å². The number of halogens is 1. The molecule has 2 aliphatic rings. The first-order chi connectivity index (χ1) is 11.5. The number of allylic oxidation sites excluding steroid dienone is 1. The molecule has 0 bridgehead atoms. The van der Waals surface area contributed by atoms with Crippen LogP contribution < -0.4 is 10.2 Å². The normalized spacial score (nSPS) is 23.2. The zero-order chi connectivity index (χ0) is 17.1. The van der Waals surface area contributed by atoms with E-state index in [9.17, 15) is 14.0 Å². The topological polar surface area (TPSA) is 58.6 Å². The van der Waals surface area contributed by atoms with Crippen LogP contribution in [0.25, 0.3) is 0 Å². The van der Waals surface area contributed by atoms with Crippen molar-refractivity contribution in [1.29, 1.82) is 0 Å². The van der Waals surface area contributed by atoms with Crippen LogP contribution in [0.15, 0.2) is 29.7 Å². The Balaban J connectivity index is 1.70. The summed E-state index contributed by atoms with van der Waals surface area (Å²) in [7, 11) is 0. The Morgan fingerprint density at radius 1 is 1.50 bits per heavy atom. The number of carbonyl (C=O) groups is 2. The van der Waals surface area contributed by atoms with Crippen LogP contribution in [0.3, 0.4) is 0 Å². The SMILES string of the molecule is CC(=O)NC[C@H]1CN(c2ccc(C3CCC=CS3)c(F)c2)C(=O)O1. The number of nitrogens with one attached hydrogen (secondary N) is 1. The number of amides is 2. The minimum absolute atomic E-state index is 0.113. The van der Waals surface area contributed by atoms with Gasteiger partial charge in [0, 0.05) is 17.7 Å². The molecule has 1 N–H and O–H groups in total. The molecule has 2 heterocycles. The quantitative estimate of drug-likeness (QED) is 0.904. The number of ether oxygens (including phenoxy) is 1. The number of carbonyl (C=O) groups excluding carboxylic acids is 2. The van der Waals surface area contributed by atoms with Crippen molar-refractivity contribution in [3.8, 4) is 0 Å². The first kappa shape index (κ1) is 16.8. The maximum absolute atomic E-state index is 14.5. The maximum Gasteiger partial charge on any atom is 0.414 e. The molecule has 1 aromatic rings. The van der Waals surface area contributed by atoms with Crippen LogP contribution in [-0.2, 0) is 9.53 Å². The molecule has 1 unspecified atom stereocenters. The molecular weight excluding hydrogens is 331 g/mol. The van der Waals surface area contributed by atoms with Crippen molar-refractivity contribution in [3.63, 3.8) is 0 Å². The highest BCUT2D eigenvalue weighted by Crippen LogP contribution is 2.39. The average Bonchev–Trinajstić information content (AvgIpc) is 2.94. The number of hydrogen-bond acceptors (Lipinski definition) is 4. The second kappa shape index (κ2) is 7.25. The van der Waals surface area contributed by atoms with E-state index in [0.717, 1.165) is 12.8 Å². The van der Waals surface area contributed by atoms with E-state index in [2.05, 4.69) is 11.4 Å². The largest absolute Gasteiger partial charge is 0.442 e. The third-order valence-electron chi connectivity index (χ3n) is 4.03. The molecule has 2 atom stereocenters. The molecule has 0 aromatic heterocycles. The van der Waals surface area contributed by atoms with Gasteiger partial charge in [0.1, 0.15) is 11.9 Å². The van der Waals surface area contributed by atoms with Gasteiger partial charge in [0.05, 0.1) is 18.8 Å². The van der Waals surface area contributed by atoms with E-state index < -0.39 is 12.2 Å². The molecule has 0 radical (unpaired) electrons. The second-order valence-corrected chi connectivity index (χ2v) is 6.95. The van der Waals surface area contributed by atoms with Crippen molar-refractivity contribution in [2.45, 2.75) is 31.1 Å². The fourth-order valence-electron chi connectivity index (χ4n) is 2.80. The molecule has 1 saturated heterocycles. The van der Waals surface area contributed by atoms with Gasteiger partial charge >= 0.3 is 6.09 Å². The summed E-state index contributed by atoms with van der Waals surface area (Å²) in [5, 5.41) is 4.74. The minimum atomic E-state index is -0.521. The Hall–Kier alpha value is -2.02. The maximum atomic E-state index is 14.5. The standard InChI is InChI=1S/C17H19FN2O3S/c1-11(21)19-9-13-10-20(17(22)23-13)12-5-6-14(15(18)8-12)16-4-2-3-7-24-16/h3,5-8,13,16H,2,4,9-10H2,1H3,(H,19,21)/t13-,16?/m0/s1. The zero-order valence-electron chi connectivity index (χ0n) is 13.3. The summed E-state index contributed by atoms with van der Waals surface area (Å²) < 4.78 is 19.7. The third kappa shape index (κ3) is 3.72. The fourth-order valence-corrected chi connectivity index (χ4v) is 3.85. The molecule has 0 saturated carbocycles. The predicted molar refractivity (Wildman–Crippen MR) is 91.4 cm³/mol. The zero-order valence-corrected chi connectivity index (χ0v) is 14.1. The summed E-state index contributed by atoms with van der Waals surface area (Å²) >= 11 is 1.61. The van der Waals surface area contributed by atoms with Crippen LogP contribution >= 0.6 is 11.8 Å². The number of anilines is 1. The van der Waals surface area contributed by atoms with E-state index in [1.807, 2.05) is 5.41 Å². The fraction of sp³-hybridized carbons (Fsp3) is 0.412. The highest BCUT2D eigenvalue weighted by molar-refractivity contribution is 8.02. The van der Waals surface area contributed by atoms with Gasteiger partial charge in [-0.1, -0.05) is 12.1 Å². The molecule has 0 aliphatic carbocycles. The number of benzene rings is 1. The lowest BCUT2D eigenvalue weighted by atomic mass is 10.1. The number of cyclic esters (lactones) is 1. The molecule has 24 heavy (non-hydrogen) atoms. The first-order valence-corrected chi connectivity index (χ1v) is 8.81. The lowest BCUT2D eigenvalue weighted by Crippen LogP contribution is -2.33. The van der Waals surface area contributed by atoms with Crippen molar-refractivity contribution in [2.24, 2.45) is 0 Å². The Bertz CT molecular complexity index is 680. The van der Waals surface area contributed by atoms with E-state index in [4.69, 9.17) is 4.74 Å². The highest BCUT2D eigenvalue weighted by atomic mass is 32.2. The molecule has 7 heteroatoms. The Labute approximate surface area is 144 Å². The van der Waals surface area contributed by atoms with Gasteiger partial charge in [0.25, 0.3) is 0 Å². The summed E-state index contributed by atoms with van der Waals surface area (Å²) in [5.74, 6) is -0.489. The van der Waals surface area contributed by atoms with Gasteiger partial charge in [-0.2, -0.15) is 0 Å². The molecule has 2 aliphatic heterocycles. The van der Waals surface area contributed by atoms with Gasteiger partial charge in [-0.25, -0.2) is 9.18 Å². The molecule has 2 amide bonds. The summed E-state index contributed by atoms with van der Waals surface area (Å²) in [6, 6.07) is 4.88. The van der Waals surface area contributed by atoms with Crippen LogP contribution in [-0.4, -0.2) is 31.2 Å². The van der Waals surface area contributed by atoms with Crippen molar-refractivity contribution in [1.82, 2.24) is 5.32 Å². The molecule has 1 aromatic carbocycles. The Kier molecular flexibility index (Phi) is 5.08. The van der Waals surface area contributed by atoms with Crippen molar-refractivity contribution in [3.05, 3.63) is 41.1 Å². The Morgan fingerprint density at radius 3 is 3.00 bits per heavy atom. The number of nitrogens with zero attached hydrogens (tertiary/aromatic N) is 1. The molecular formula is C17H19FN2O3S. The summed E-state index contributed by atoms with van der Waals surface area (Å²) in [5.41, 5.74) is 1.14. The number of rotatable bonds is 4. The molecule has 128 valence electrons. The molecule has 5 nitrogen and oxygen atoms in total. The van der Waals surface area contributed by atoms with Crippen molar-refractivity contribution < 1.29 is 18.7 Å². The van der Waals surface area contributed by atoms with Crippen molar-refractivity contribution >= 4 is 29.4 Å². The number of thioether (sulfide) groups is 1. The monoisotopic (exact) mass is 350 g/mol. The van der Waals surface area contributed by atoms with Crippen molar-refractivity contribution in [2.75, 3.05) is 18.0 Å². The third-order valence-corrected chi connectivity index (χ3v) is 5.20. The average molecular weight is 350 g/mol. The van der Waals surface area contributed by atoms with Gasteiger partial charge in [0.2, 0.25) is 5.91 Å². The van der Waals surface area contributed by atoms with Crippen LogP contribution in [0.5, 0.6) is 0 Å². The lowest BCUT2D eigenvalue weighted by molar-refractivity contribution is -0.119. The summed E-state index contributed by atoms with van der Waals surface area (Å²) in [4.78, 5) is 24.3. The van der Waals surface area contributed by atoms with E-state index in [0.29, 0.717) is 17.8 Å². The molecule has 0 spiro atoms. The van der Waals surface area contributed by atoms with Crippen LogP contribution in [0.4, 0.5) is 14.9 Å². The van der Waals surface area contributed by atoms with Gasteiger partial charge < -0.3 is 10.1 Å². The molecule has 1 fully saturated rings. The van der Waals surface area contributed by atoms with Gasteiger partial charge in [0.15, 0.2) is 0 Å². The van der Waals surface area contributed by atoms with Gasteiger partial charge in [-0.05, 0) is 30.4 Å². The highest BCUT2D eigenvalue weighted by Gasteiger charge is 2.33. The first-order valence-electron chi connectivity index (χ1n) is 7.87. The van der Waals surface area contributed by atoms with E-state index in [-0.39, 0.29) is 23.5 Å². The van der Waals surface area contributed by atoms with Gasteiger partial charge in [-0.3, -0.25) is 9.69 Å². The van der Waals surface area contributed by atoms with Crippen LogP contribution in [0.1, 0.15) is 30.6 Å². The van der Waals surface area contributed by atoms with Crippen LogP contribution in [0, 0.1) is 5.82 Å². The second-order valence-electron chi connectivity index (χ2n) is 5.83. The lowest BCUT2D eigenvalue weighted by Gasteiger charge is -2.20. The Morgan fingerprint density at radius 2 is 2.33 bits per heavy atom. The van der Waals surface area contributed by atoms with E-state index >= 15 is 0 Å². The summed E-state index contributed by atoms with van der Waals surface area (Å²) in [6.07, 6.45) is 2.99. The molecule has 3 rings (SSSR count). The smallest absolute Gasteiger partial charge is 0.414 e. The number of hydrogen-bond donors (Lipinski definition) is 1. The summed E-state index contributed by atoms with van der Waals surface area (Å²) in [6.45, 7) is 1.95.